The molecule has 870 valence electrons. The highest BCUT2D eigenvalue weighted by Gasteiger charge is 2.47. The molecule has 146 heavy (non-hydrogen) atoms. The molecule has 1 fully saturated rings. The van der Waals surface area contributed by atoms with Crippen LogP contribution in [-0.4, -0.2) is 325 Å². The maximum Gasteiger partial charge on any atom is 0.500 e. The van der Waals surface area contributed by atoms with Crippen LogP contribution in [0.3, 0.4) is 0 Å². The van der Waals surface area contributed by atoms with E-state index in [-0.39, 0.29) is 29.2 Å². The first-order chi connectivity index (χ1) is 69.0. The number of amides is 5. The third-order valence-corrected chi connectivity index (χ3v) is 44.2. The summed E-state index contributed by atoms with van der Waals surface area (Å²) in [5.41, 5.74) is -3.28. The summed E-state index contributed by atoms with van der Waals surface area (Å²) in [6, 6.07) is 4.64. The predicted octanol–water partition coefficient (Wildman–Crippen LogP) is 22.0. The Kier molecular flexibility index (Phi) is 89.2. The first-order valence-corrected chi connectivity index (χ1v) is 69.8. The van der Waals surface area contributed by atoms with E-state index in [1.807, 2.05) is 208 Å². The van der Waals surface area contributed by atoms with Crippen molar-refractivity contribution in [2.45, 2.75) is 408 Å². The molecule has 1 unspecified atom stereocenters. The van der Waals surface area contributed by atoms with Gasteiger partial charge in [-0.3, -0.25) is 0 Å². The largest absolute Gasteiger partial charge is 0.500 e. The smallest absolute Gasteiger partial charge is 0.475 e. The molecular formula is C97H207N5O34S3Si7. The molecule has 0 bridgehead atoms. The molecule has 1 rings (SSSR count). The van der Waals surface area contributed by atoms with Crippen molar-refractivity contribution < 1.29 is 155 Å². The fraction of sp³-hybridized carbons (Fsp3) is 0.928. The van der Waals surface area contributed by atoms with Gasteiger partial charge in [-0.25, -0.2) is 28.8 Å². The van der Waals surface area contributed by atoms with Crippen molar-refractivity contribution in [2.24, 2.45) is 0 Å². The number of thioether (sulfide) groups is 2. The summed E-state index contributed by atoms with van der Waals surface area (Å²) in [4.78, 5) is 72.4. The molecule has 39 nitrogen and oxygen atoms in total. The fourth-order valence-corrected chi connectivity index (χ4v) is 36.1. The highest BCUT2D eigenvalue weighted by molar-refractivity contribution is 8.22. The molecule has 0 saturated heterocycles. The minimum Gasteiger partial charge on any atom is -0.475 e. The van der Waals surface area contributed by atoms with Gasteiger partial charge in [-0.05, 0) is 330 Å². The molecule has 0 spiro atoms. The number of ether oxygens (including phenoxy) is 7. The molecule has 1 atom stereocenters. The molecule has 0 radical (unpaired) electrons. The van der Waals surface area contributed by atoms with Gasteiger partial charge in [0.05, 0.1) is 6.10 Å². The van der Waals surface area contributed by atoms with Gasteiger partial charge >= 0.3 is 97.4 Å². The summed E-state index contributed by atoms with van der Waals surface area (Å²) in [5.74, 6) is 1.46. The van der Waals surface area contributed by atoms with Gasteiger partial charge in [0.15, 0.2) is 0 Å². The number of hydrogen-bond acceptors (Lipinski definition) is 37. The molecule has 1 aliphatic carbocycles. The van der Waals surface area contributed by atoms with Gasteiger partial charge in [-0.15, -0.1) is 0 Å². The molecule has 0 aromatic carbocycles. The number of nitrogens with one attached hydrogen (secondary N) is 5. The van der Waals surface area contributed by atoms with E-state index >= 15 is 0 Å². The number of hydrogen-bond donors (Lipinski definition) is 5. The Morgan fingerprint density at radius 3 is 0.733 bits per heavy atom. The monoisotopic (exact) mass is 2280 g/mol. The highest BCUT2D eigenvalue weighted by atomic mass is 32.2. The Morgan fingerprint density at radius 2 is 0.507 bits per heavy atom. The van der Waals surface area contributed by atoms with Crippen LogP contribution in [0.15, 0.2) is 0 Å². The summed E-state index contributed by atoms with van der Waals surface area (Å²) in [6.07, 6.45) is 8.65. The molecule has 5 N–H and O–H groups in total. The van der Waals surface area contributed by atoms with Crippen LogP contribution < -0.4 is 26.6 Å². The van der Waals surface area contributed by atoms with Crippen LogP contribution >= 0.6 is 35.7 Å². The van der Waals surface area contributed by atoms with Crippen molar-refractivity contribution in [1.29, 1.82) is 0 Å². The van der Waals surface area contributed by atoms with E-state index in [1.54, 1.807) is 27.7 Å². The Hall–Kier alpha value is -2.91. The lowest BCUT2D eigenvalue weighted by Crippen LogP contribution is -2.47. The Labute approximate surface area is 904 Å². The normalized spacial score (nSPS) is 13.5. The van der Waals surface area contributed by atoms with Gasteiger partial charge in [0, 0.05) is 238 Å². The van der Waals surface area contributed by atoms with Crippen molar-refractivity contribution >= 4 is 138 Å². The quantitative estimate of drug-likeness (QED) is 0.0124. The molecule has 49 heteroatoms. The lowest BCUT2D eigenvalue weighted by molar-refractivity contribution is -0.0420. The fourth-order valence-electron chi connectivity index (χ4n) is 15.5. The van der Waals surface area contributed by atoms with Crippen molar-refractivity contribution in [3.05, 3.63) is 0 Å². The average Bonchev–Trinajstić information content (AvgIpc) is 0.860. The molecular weight excluding hydrogens is 2070 g/mol. The second-order valence-electron chi connectivity index (χ2n) is 36.3. The van der Waals surface area contributed by atoms with Gasteiger partial charge in [0.1, 0.15) is 34.1 Å². The zero-order chi connectivity index (χ0) is 112. The second kappa shape index (κ2) is 87.2. The molecule has 5 amide bonds. The Morgan fingerprint density at radius 1 is 0.295 bits per heavy atom. The van der Waals surface area contributed by atoms with Crippen LogP contribution in [0.5, 0.6) is 0 Å². The summed E-state index contributed by atoms with van der Waals surface area (Å²) in [6.45, 7) is 78.2. The molecule has 1 saturated carbocycles. The van der Waals surface area contributed by atoms with E-state index in [2.05, 4.69) is 26.6 Å². The maximum absolute atomic E-state index is 12.5. The number of carbonyl (C=O) groups is 6. The minimum absolute atomic E-state index is 0.0706. The van der Waals surface area contributed by atoms with Crippen molar-refractivity contribution in [3.8, 4) is 0 Å². The van der Waals surface area contributed by atoms with Gasteiger partial charge in [0.2, 0.25) is 4.38 Å². The molecule has 0 aliphatic heterocycles. The number of carbonyl (C=O) groups excluding carboxylic acids is 6. The van der Waals surface area contributed by atoms with Crippen LogP contribution in [0.4, 0.5) is 28.8 Å². The SMILES string of the molecule is CCO[Si](CCCNC(=O)OC(C)(C)C)(OCC)OCC.CCO[Si](CCCNC(=O)OC(C)(C)CC(C)(C)OC(=O)NCCC[Si](OCC)(OCC)OCC)(OCC)OCC.CCO[Si](CCCNC(=O)OC(C)(C)CC(C)OC(=S)SCCC[Si](OCC)(OCC)OCC)(OCC)OCC.CCO[Si](CCCNC(=O)OC1(C)CCCCC1)(OCC)OCC.CCO[Si](CCCSC(=O)OC(C)C)(OCC)OCC. The van der Waals surface area contributed by atoms with E-state index in [9.17, 15) is 28.8 Å². The summed E-state index contributed by atoms with van der Waals surface area (Å²) >= 11 is 8.11. The number of rotatable bonds is 80. The summed E-state index contributed by atoms with van der Waals surface area (Å²) in [7, 11) is -18.7. The third kappa shape index (κ3) is 75.8. The van der Waals surface area contributed by atoms with Gasteiger partial charge in [-0.1, -0.05) is 18.2 Å². The van der Waals surface area contributed by atoms with Crippen LogP contribution in [0.2, 0.25) is 42.3 Å². The van der Waals surface area contributed by atoms with E-state index in [4.69, 9.17) is 138 Å². The minimum atomic E-state index is -2.76. The Bertz CT molecular complexity index is 3080. The molecule has 0 heterocycles. The average molecular weight is 2280 g/mol. The Balaban J connectivity index is -0.000000892. The number of alkyl carbamates (subject to hydrolysis) is 5. The second-order valence-corrected chi connectivity index (χ2v) is 58.1. The van der Waals surface area contributed by atoms with E-state index in [0.717, 1.165) is 69.2 Å². The third-order valence-electron chi connectivity index (χ3n) is 20.0. The molecule has 0 aromatic rings. The van der Waals surface area contributed by atoms with Gasteiger partial charge in [0.25, 0.3) is 0 Å². The van der Waals surface area contributed by atoms with Gasteiger partial charge < -0.3 is 153 Å². The van der Waals surface area contributed by atoms with Crippen LogP contribution in [0.25, 0.3) is 0 Å². The molecule has 0 aromatic heterocycles. The van der Waals surface area contributed by atoms with Crippen LogP contribution in [0, 0.1) is 0 Å². The molecule has 1 aliphatic rings. The summed E-state index contributed by atoms with van der Waals surface area (Å²) < 4.78 is 162. The predicted molar refractivity (Wildman–Crippen MR) is 595 cm³/mol. The zero-order valence-electron chi connectivity index (χ0n) is 96.9. The first-order valence-electron chi connectivity index (χ1n) is 53.9. The van der Waals surface area contributed by atoms with Crippen LogP contribution in [-0.2, 0) is 126 Å². The van der Waals surface area contributed by atoms with E-state index in [0.29, 0.717) is 244 Å². The van der Waals surface area contributed by atoms with E-state index < -0.39 is 108 Å². The van der Waals surface area contributed by atoms with Gasteiger partial charge in [-0.2, -0.15) is 0 Å². The lowest BCUT2D eigenvalue weighted by Gasteiger charge is -2.34. The zero-order valence-corrected chi connectivity index (χ0v) is 106. The summed E-state index contributed by atoms with van der Waals surface area (Å²) in [5, 5.41) is 13.7. The standard InChI is InChI=1S/C27H58N2O10Si2.C26H55NO9S2Si2.C17H35NO5Si.C14H31NO5Si.C13H28O5SSi/c1-11-32-40(33-12-2,34-13-3)21-17-19-28-24(30)38-26(7,8)23-27(9,10)39-25(31)29-20-18-22-41(35-14-4,36-15-5)37-16-6;1-10-29-39(30-11-2,31-12-3)20-16-18-27-24(28)36-26(8,9)22-23(7)35-25(37)38-19-17-21-40(32-13-4,33-14-5)34-15-6;1-5-20-24(21-6-2,22-7-3)15-11-14-18-16(19)23-17(4)12-9-8-10-13-17;1-7-17-21(18-8-2,19-9-3)12-10-11-15-13(16)20-14(4,5)6;1-6-15-20(16-7-2,17-8-3)11-9-10-19-13(14)18-12(4)5/h11-23H2,1-10H3,(H,28,30)(H,29,31);23H,10-22H2,1-9H3,(H,27,28);5-15H2,1-4H3,(H,18,19);7-12H2,1-6H3,(H,15,16);12H,6-11H2,1-5H3. The first kappa shape index (κ1) is 149. The topological polar surface area (TPSA) is 421 Å². The van der Waals surface area contributed by atoms with Crippen molar-refractivity contribution in [2.75, 3.05) is 183 Å². The van der Waals surface area contributed by atoms with Crippen molar-refractivity contribution in [1.82, 2.24) is 26.6 Å². The van der Waals surface area contributed by atoms with Crippen LogP contribution in [0.1, 0.15) is 325 Å². The van der Waals surface area contributed by atoms with E-state index in [1.165, 1.54) is 29.9 Å². The lowest BCUT2D eigenvalue weighted by atomic mass is 9.86. The highest BCUT2D eigenvalue weighted by Crippen LogP contribution is 2.34. The van der Waals surface area contributed by atoms with Crippen molar-refractivity contribution in [3.63, 3.8) is 0 Å². The number of thiocarbonyl (C=S) groups is 1. The maximum atomic E-state index is 12.5.